The number of amides is 1. The number of carbonyl (C=O) groups is 1. The minimum absolute atomic E-state index is 0.0419. The molecule has 0 spiro atoms. The quantitative estimate of drug-likeness (QED) is 0.759. The highest BCUT2D eigenvalue weighted by Crippen LogP contribution is 2.18. The molecule has 3 nitrogen and oxygen atoms in total. The molecule has 25 heavy (non-hydrogen) atoms. The molecule has 0 atom stereocenters. The molecule has 1 heterocycles. The summed E-state index contributed by atoms with van der Waals surface area (Å²) in [5.74, 6) is 0.783. The number of aryl methyl sites for hydroxylation is 1. The number of nitrogens with one attached hydrogen (secondary N) is 2. The second kappa shape index (κ2) is 9.38. The summed E-state index contributed by atoms with van der Waals surface area (Å²) in [4.78, 5) is 12.4. The number of carbonyl (C=O) groups excluding carboxylic acids is 1. The van der Waals surface area contributed by atoms with Crippen molar-refractivity contribution in [1.82, 2.24) is 10.6 Å². The smallest absolute Gasteiger partial charge is 0.251 e. The summed E-state index contributed by atoms with van der Waals surface area (Å²) < 4.78 is 0. The second-order valence-electron chi connectivity index (χ2n) is 6.94. The lowest BCUT2D eigenvalue weighted by Gasteiger charge is -2.22. The van der Waals surface area contributed by atoms with Crippen LogP contribution in [0.1, 0.15) is 40.7 Å². The maximum Gasteiger partial charge on any atom is 0.251 e. The molecule has 1 saturated heterocycles. The summed E-state index contributed by atoms with van der Waals surface area (Å²) in [6, 6.07) is 18.5. The van der Waals surface area contributed by atoms with Gasteiger partial charge in [0.2, 0.25) is 0 Å². The summed E-state index contributed by atoms with van der Waals surface area (Å²) >= 11 is 0. The van der Waals surface area contributed by atoms with Gasteiger partial charge in [-0.3, -0.25) is 4.79 Å². The zero-order valence-corrected chi connectivity index (χ0v) is 14.8. The van der Waals surface area contributed by atoms with E-state index in [0.717, 1.165) is 43.8 Å². The Labute approximate surface area is 150 Å². The van der Waals surface area contributed by atoms with Crippen molar-refractivity contribution < 1.29 is 4.79 Å². The summed E-state index contributed by atoms with van der Waals surface area (Å²) in [7, 11) is 0. The van der Waals surface area contributed by atoms with Crippen LogP contribution in [0.2, 0.25) is 0 Å². The molecule has 2 N–H and O–H groups in total. The molecule has 0 bridgehead atoms. The minimum atomic E-state index is 0.0419. The van der Waals surface area contributed by atoms with E-state index in [2.05, 4.69) is 47.0 Å². The van der Waals surface area contributed by atoms with E-state index in [1.807, 2.05) is 18.2 Å². The van der Waals surface area contributed by atoms with Gasteiger partial charge in [-0.2, -0.15) is 0 Å². The Morgan fingerprint density at radius 2 is 1.76 bits per heavy atom. The molecule has 0 aromatic heterocycles. The minimum Gasteiger partial charge on any atom is -0.352 e. The molecular weight excluding hydrogens is 308 g/mol. The topological polar surface area (TPSA) is 41.1 Å². The number of hydrogen-bond acceptors (Lipinski definition) is 2. The van der Waals surface area contributed by atoms with E-state index in [9.17, 15) is 4.79 Å². The van der Waals surface area contributed by atoms with Crippen LogP contribution in [0.15, 0.2) is 54.6 Å². The van der Waals surface area contributed by atoms with Crippen LogP contribution < -0.4 is 10.6 Å². The Bertz CT molecular complexity index is 663. The van der Waals surface area contributed by atoms with Gasteiger partial charge in [-0.05, 0) is 74.4 Å². The van der Waals surface area contributed by atoms with Gasteiger partial charge in [-0.25, -0.2) is 0 Å². The molecule has 1 aliphatic heterocycles. The highest BCUT2D eigenvalue weighted by molar-refractivity contribution is 5.94. The zero-order chi connectivity index (χ0) is 17.3. The molecule has 3 heteroatoms. The normalized spacial score (nSPS) is 15.0. The molecule has 3 rings (SSSR count). The number of piperidine rings is 1. The van der Waals surface area contributed by atoms with Gasteiger partial charge in [0, 0.05) is 12.1 Å². The molecule has 2 aromatic rings. The molecule has 1 amide bonds. The van der Waals surface area contributed by atoms with Crippen molar-refractivity contribution in [3.8, 4) is 0 Å². The third kappa shape index (κ3) is 5.71. The monoisotopic (exact) mass is 336 g/mol. The van der Waals surface area contributed by atoms with Crippen LogP contribution >= 0.6 is 0 Å². The van der Waals surface area contributed by atoms with Crippen LogP contribution in [0.3, 0.4) is 0 Å². The lowest BCUT2D eigenvalue weighted by molar-refractivity contribution is 0.0953. The Morgan fingerprint density at radius 1 is 1.00 bits per heavy atom. The fourth-order valence-electron chi connectivity index (χ4n) is 3.50. The van der Waals surface area contributed by atoms with Crippen LogP contribution in [0.25, 0.3) is 0 Å². The third-order valence-corrected chi connectivity index (χ3v) is 4.94. The SMILES string of the molecule is O=C(NCCCc1ccccc1)c1cccc(CC2CCNCC2)c1. The zero-order valence-electron chi connectivity index (χ0n) is 14.8. The first-order chi connectivity index (χ1) is 12.3. The van der Waals surface area contributed by atoms with Gasteiger partial charge in [-0.1, -0.05) is 42.5 Å². The fraction of sp³-hybridized carbons (Fsp3) is 0.409. The first-order valence-electron chi connectivity index (χ1n) is 9.43. The standard InChI is InChI=1S/C22H28N2O/c25-22(24-13-5-9-18-6-2-1-3-7-18)21-10-4-8-20(17-21)16-19-11-14-23-15-12-19/h1-4,6-8,10,17,19,23H,5,9,11-16H2,(H,24,25). The Hall–Kier alpha value is -2.13. The van der Waals surface area contributed by atoms with Crippen molar-refractivity contribution in [2.24, 2.45) is 5.92 Å². The maximum atomic E-state index is 12.4. The summed E-state index contributed by atoms with van der Waals surface area (Å²) in [6.45, 7) is 2.95. The van der Waals surface area contributed by atoms with Crippen molar-refractivity contribution >= 4 is 5.91 Å². The van der Waals surface area contributed by atoms with E-state index < -0.39 is 0 Å². The van der Waals surface area contributed by atoms with Crippen molar-refractivity contribution in [3.63, 3.8) is 0 Å². The average Bonchev–Trinajstić information content (AvgIpc) is 2.67. The van der Waals surface area contributed by atoms with Gasteiger partial charge in [0.15, 0.2) is 0 Å². The molecule has 0 saturated carbocycles. The van der Waals surface area contributed by atoms with Crippen LogP contribution in [0, 0.1) is 5.92 Å². The number of rotatable bonds is 7. The van der Waals surface area contributed by atoms with Gasteiger partial charge in [0.05, 0.1) is 0 Å². The Balaban J connectivity index is 1.45. The lowest BCUT2D eigenvalue weighted by Crippen LogP contribution is -2.28. The van der Waals surface area contributed by atoms with Crippen molar-refractivity contribution in [2.45, 2.75) is 32.1 Å². The van der Waals surface area contributed by atoms with Crippen LogP contribution in [0.4, 0.5) is 0 Å². The Morgan fingerprint density at radius 3 is 2.56 bits per heavy atom. The van der Waals surface area contributed by atoms with E-state index in [1.165, 1.54) is 24.0 Å². The van der Waals surface area contributed by atoms with Crippen molar-refractivity contribution in [1.29, 1.82) is 0 Å². The van der Waals surface area contributed by atoms with E-state index in [-0.39, 0.29) is 5.91 Å². The van der Waals surface area contributed by atoms with Gasteiger partial charge in [0.25, 0.3) is 5.91 Å². The highest BCUT2D eigenvalue weighted by atomic mass is 16.1. The van der Waals surface area contributed by atoms with E-state index in [1.54, 1.807) is 0 Å². The van der Waals surface area contributed by atoms with Gasteiger partial charge < -0.3 is 10.6 Å². The summed E-state index contributed by atoms with van der Waals surface area (Å²) in [6.07, 6.45) is 5.50. The second-order valence-corrected chi connectivity index (χ2v) is 6.94. The van der Waals surface area contributed by atoms with Gasteiger partial charge in [0.1, 0.15) is 0 Å². The lowest BCUT2D eigenvalue weighted by atomic mass is 9.90. The van der Waals surface area contributed by atoms with Gasteiger partial charge in [-0.15, -0.1) is 0 Å². The van der Waals surface area contributed by atoms with Gasteiger partial charge >= 0.3 is 0 Å². The van der Waals surface area contributed by atoms with E-state index >= 15 is 0 Å². The number of benzene rings is 2. The fourth-order valence-corrected chi connectivity index (χ4v) is 3.50. The summed E-state index contributed by atoms with van der Waals surface area (Å²) in [5, 5.41) is 6.46. The Kier molecular flexibility index (Phi) is 6.63. The maximum absolute atomic E-state index is 12.4. The van der Waals surface area contributed by atoms with Crippen molar-refractivity contribution in [3.05, 3.63) is 71.3 Å². The number of hydrogen-bond donors (Lipinski definition) is 2. The molecule has 0 unspecified atom stereocenters. The molecule has 132 valence electrons. The van der Waals surface area contributed by atoms with E-state index in [4.69, 9.17) is 0 Å². The summed E-state index contributed by atoms with van der Waals surface area (Å²) in [5.41, 5.74) is 3.38. The molecule has 1 fully saturated rings. The largest absolute Gasteiger partial charge is 0.352 e. The highest BCUT2D eigenvalue weighted by Gasteiger charge is 2.14. The van der Waals surface area contributed by atoms with Crippen LogP contribution in [-0.4, -0.2) is 25.5 Å². The van der Waals surface area contributed by atoms with Crippen LogP contribution in [0.5, 0.6) is 0 Å². The first-order valence-corrected chi connectivity index (χ1v) is 9.43. The third-order valence-electron chi connectivity index (χ3n) is 4.94. The molecule has 1 aliphatic rings. The molecular formula is C22H28N2O. The van der Waals surface area contributed by atoms with E-state index in [0.29, 0.717) is 6.54 Å². The molecule has 0 aliphatic carbocycles. The molecule has 2 aromatic carbocycles. The average molecular weight is 336 g/mol. The first kappa shape index (κ1) is 17.7. The van der Waals surface area contributed by atoms with Crippen molar-refractivity contribution in [2.75, 3.05) is 19.6 Å². The molecule has 0 radical (unpaired) electrons. The van der Waals surface area contributed by atoms with Crippen LogP contribution in [-0.2, 0) is 12.8 Å². The predicted octanol–water partition coefficient (Wildman–Crippen LogP) is 3.59. The predicted molar refractivity (Wildman–Crippen MR) is 103 cm³/mol.